The van der Waals surface area contributed by atoms with Gasteiger partial charge in [0.1, 0.15) is 0 Å². The largest absolute Gasteiger partial charge is 0.416 e. The molecule has 2 saturated heterocycles. The number of ether oxygens (including phenoxy) is 1. The minimum Gasteiger partial charge on any atom is -0.379 e. The molecule has 236 valence electrons. The molecule has 0 unspecified atom stereocenters. The van der Waals surface area contributed by atoms with Crippen molar-refractivity contribution in [2.24, 2.45) is 0 Å². The molecule has 0 radical (unpaired) electrons. The Bertz CT molecular complexity index is 1350. The van der Waals surface area contributed by atoms with E-state index in [2.05, 4.69) is 9.80 Å². The van der Waals surface area contributed by atoms with E-state index in [-0.39, 0.29) is 37.4 Å². The SMILES string of the molecule is Cl.Cl.O=C(c1cc(C(F)(F)F)cc(C(F)(F)F)c1)N1CCN(CCN2CCOCC2)C[C@H]1Cc1ccc2ccccc2c1. The standard InChI is InChI=1S/C30H31F6N3O2.2ClH/c31-29(32,33)25-17-24(18-26(19-25)30(34,35)36)28(40)39-10-9-38(8-7-37-11-13-41-14-12-37)20-27(39)16-21-5-6-22-3-1-2-4-23(22)15-21;;/h1-6,15,17-19,27H,7-14,16,20H2;2*1H/t27-;;/m1../s1. The lowest BCUT2D eigenvalue weighted by Crippen LogP contribution is -2.57. The van der Waals surface area contributed by atoms with Crippen LogP contribution < -0.4 is 0 Å². The maximum absolute atomic E-state index is 13.6. The summed E-state index contributed by atoms with van der Waals surface area (Å²) in [4.78, 5) is 19.6. The summed E-state index contributed by atoms with van der Waals surface area (Å²) in [5.41, 5.74) is -2.67. The summed E-state index contributed by atoms with van der Waals surface area (Å²) in [5.74, 6) is -0.833. The number of benzene rings is 3. The molecule has 1 atom stereocenters. The zero-order valence-electron chi connectivity index (χ0n) is 23.2. The quantitative estimate of drug-likeness (QED) is 0.288. The molecule has 0 saturated carbocycles. The molecule has 0 spiro atoms. The number of morpholine rings is 1. The highest BCUT2D eigenvalue weighted by Crippen LogP contribution is 2.37. The number of fused-ring (bicyclic) bond motifs is 1. The van der Waals surface area contributed by atoms with Crippen LogP contribution in [-0.4, -0.2) is 85.7 Å². The van der Waals surface area contributed by atoms with Crippen LogP contribution >= 0.6 is 24.8 Å². The molecule has 0 aliphatic carbocycles. The van der Waals surface area contributed by atoms with Gasteiger partial charge in [-0.1, -0.05) is 42.5 Å². The smallest absolute Gasteiger partial charge is 0.379 e. The zero-order chi connectivity index (χ0) is 29.2. The third kappa shape index (κ3) is 8.76. The van der Waals surface area contributed by atoms with Gasteiger partial charge < -0.3 is 9.64 Å². The Labute approximate surface area is 258 Å². The zero-order valence-corrected chi connectivity index (χ0v) is 24.8. The summed E-state index contributed by atoms with van der Waals surface area (Å²) in [6.07, 6.45) is -9.65. The van der Waals surface area contributed by atoms with Gasteiger partial charge in [-0.05, 0) is 41.0 Å². The van der Waals surface area contributed by atoms with Crippen molar-refractivity contribution in [1.29, 1.82) is 0 Å². The molecule has 43 heavy (non-hydrogen) atoms. The average molecular weight is 653 g/mol. The summed E-state index contributed by atoms with van der Waals surface area (Å²) < 4.78 is 86.5. The monoisotopic (exact) mass is 651 g/mol. The third-order valence-electron chi connectivity index (χ3n) is 7.78. The first-order valence-electron chi connectivity index (χ1n) is 13.6. The fourth-order valence-electron chi connectivity index (χ4n) is 5.55. The van der Waals surface area contributed by atoms with Gasteiger partial charge in [0, 0.05) is 57.4 Å². The maximum atomic E-state index is 13.6. The first-order chi connectivity index (χ1) is 19.5. The Hall–Kier alpha value is -2.57. The van der Waals surface area contributed by atoms with Crippen LogP contribution in [0.15, 0.2) is 60.7 Å². The molecule has 2 aliphatic heterocycles. The van der Waals surface area contributed by atoms with Crippen LogP contribution in [0.3, 0.4) is 0 Å². The van der Waals surface area contributed by atoms with Gasteiger partial charge in [-0.25, -0.2) is 0 Å². The van der Waals surface area contributed by atoms with Gasteiger partial charge in [0.05, 0.1) is 24.3 Å². The number of carbonyl (C=O) groups is 1. The number of amides is 1. The van der Waals surface area contributed by atoms with E-state index in [0.29, 0.717) is 44.9 Å². The fraction of sp³-hybridized carbons (Fsp3) is 0.433. The van der Waals surface area contributed by atoms with Gasteiger partial charge in [-0.2, -0.15) is 26.3 Å². The average Bonchev–Trinajstić information content (AvgIpc) is 2.95. The highest BCUT2D eigenvalue weighted by atomic mass is 35.5. The van der Waals surface area contributed by atoms with Gasteiger partial charge >= 0.3 is 12.4 Å². The van der Waals surface area contributed by atoms with E-state index < -0.39 is 41.0 Å². The number of hydrogen-bond donors (Lipinski definition) is 0. The van der Waals surface area contributed by atoms with Crippen LogP contribution in [0.4, 0.5) is 26.3 Å². The van der Waals surface area contributed by atoms with Crippen molar-refractivity contribution in [3.05, 3.63) is 82.9 Å². The normalized spacial score (nSPS) is 18.7. The van der Waals surface area contributed by atoms with Crippen molar-refractivity contribution in [1.82, 2.24) is 14.7 Å². The number of alkyl halides is 6. The lowest BCUT2D eigenvalue weighted by atomic mass is 9.97. The predicted octanol–water partition coefficient (Wildman–Crippen LogP) is 6.42. The maximum Gasteiger partial charge on any atom is 0.416 e. The molecule has 5 nitrogen and oxygen atoms in total. The summed E-state index contributed by atoms with van der Waals surface area (Å²) in [6, 6.07) is 14.4. The fourth-order valence-corrected chi connectivity index (χ4v) is 5.55. The van der Waals surface area contributed by atoms with Crippen LogP contribution in [-0.2, 0) is 23.5 Å². The molecule has 1 amide bonds. The Morgan fingerprint density at radius 1 is 0.744 bits per heavy atom. The van der Waals surface area contributed by atoms with Crippen molar-refractivity contribution in [2.75, 3.05) is 59.0 Å². The molecule has 3 aromatic carbocycles. The van der Waals surface area contributed by atoms with Gasteiger partial charge in [0.2, 0.25) is 0 Å². The molecule has 0 bridgehead atoms. The Morgan fingerprint density at radius 3 is 1.98 bits per heavy atom. The van der Waals surface area contributed by atoms with Gasteiger partial charge in [0.25, 0.3) is 5.91 Å². The van der Waals surface area contributed by atoms with E-state index in [4.69, 9.17) is 4.74 Å². The van der Waals surface area contributed by atoms with E-state index in [9.17, 15) is 31.1 Å². The van der Waals surface area contributed by atoms with Crippen LogP contribution in [0.5, 0.6) is 0 Å². The van der Waals surface area contributed by atoms with E-state index >= 15 is 0 Å². The Balaban J connectivity index is 0.00000253. The van der Waals surface area contributed by atoms with Gasteiger partial charge in [-0.3, -0.25) is 14.6 Å². The second kappa shape index (κ2) is 14.5. The predicted molar refractivity (Wildman–Crippen MR) is 157 cm³/mol. The summed E-state index contributed by atoms with van der Waals surface area (Å²) in [7, 11) is 0. The molecule has 2 aliphatic rings. The van der Waals surface area contributed by atoms with Crippen molar-refractivity contribution in [3.8, 4) is 0 Å². The summed E-state index contributed by atoms with van der Waals surface area (Å²) in [6.45, 7) is 5.65. The van der Waals surface area contributed by atoms with E-state index in [1.807, 2.05) is 42.5 Å². The topological polar surface area (TPSA) is 36.0 Å². The van der Waals surface area contributed by atoms with Crippen molar-refractivity contribution < 1.29 is 35.9 Å². The summed E-state index contributed by atoms with van der Waals surface area (Å²) >= 11 is 0. The molecule has 2 fully saturated rings. The summed E-state index contributed by atoms with van der Waals surface area (Å²) in [5, 5.41) is 2.05. The highest BCUT2D eigenvalue weighted by molar-refractivity contribution is 5.95. The van der Waals surface area contributed by atoms with Crippen LogP contribution in [0, 0.1) is 0 Å². The molecular weight excluding hydrogens is 619 g/mol. The Morgan fingerprint density at radius 2 is 1.35 bits per heavy atom. The molecule has 0 N–H and O–H groups in total. The number of rotatable bonds is 6. The Kier molecular flexibility index (Phi) is 11.8. The third-order valence-corrected chi connectivity index (χ3v) is 7.78. The van der Waals surface area contributed by atoms with Gasteiger partial charge in [-0.15, -0.1) is 24.8 Å². The van der Waals surface area contributed by atoms with E-state index in [0.717, 1.165) is 42.5 Å². The highest BCUT2D eigenvalue weighted by Gasteiger charge is 2.39. The number of nitrogens with zero attached hydrogens (tertiary/aromatic N) is 3. The molecule has 2 heterocycles. The van der Waals surface area contributed by atoms with E-state index in [1.54, 1.807) is 0 Å². The van der Waals surface area contributed by atoms with Crippen LogP contribution in [0.25, 0.3) is 10.8 Å². The minimum atomic E-state index is -5.03. The molecule has 3 aromatic rings. The molecule has 5 rings (SSSR count). The molecule has 0 aromatic heterocycles. The van der Waals surface area contributed by atoms with E-state index in [1.165, 1.54) is 4.90 Å². The molecule has 13 heteroatoms. The van der Waals surface area contributed by atoms with Crippen LogP contribution in [0.1, 0.15) is 27.0 Å². The number of halogens is 8. The van der Waals surface area contributed by atoms with Crippen molar-refractivity contribution in [2.45, 2.75) is 24.8 Å². The number of hydrogen-bond acceptors (Lipinski definition) is 4. The lowest BCUT2D eigenvalue weighted by molar-refractivity contribution is -0.143. The second-order valence-corrected chi connectivity index (χ2v) is 10.6. The number of carbonyl (C=O) groups excluding carboxylic acids is 1. The van der Waals surface area contributed by atoms with Crippen molar-refractivity contribution in [3.63, 3.8) is 0 Å². The second-order valence-electron chi connectivity index (χ2n) is 10.6. The molecular formula is C30H33Cl2F6N3O2. The first-order valence-corrected chi connectivity index (χ1v) is 13.6. The number of piperazine rings is 1. The van der Waals surface area contributed by atoms with Gasteiger partial charge in [0.15, 0.2) is 0 Å². The van der Waals surface area contributed by atoms with Crippen molar-refractivity contribution >= 4 is 41.5 Å². The van der Waals surface area contributed by atoms with Crippen LogP contribution in [0.2, 0.25) is 0 Å². The minimum absolute atomic E-state index is 0. The lowest BCUT2D eigenvalue weighted by Gasteiger charge is -2.42. The first kappa shape index (κ1) is 34.9.